The Labute approximate surface area is 150 Å². The first kappa shape index (κ1) is 18.4. The first-order valence-corrected chi connectivity index (χ1v) is 10.3. The van der Waals surface area contributed by atoms with Gasteiger partial charge < -0.3 is 10.6 Å². The Morgan fingerprint density at radius 1 is 1.24 bits per heavy atom. The smallest absolute Gasteiger partial charge is 0.242 e. The number of benzene rings is 1. The van der Waals surface area contributed by atoms with Crippen LogP contribution in [0, 0.1) is 12.8 Å². The van der Waals surface area contributed by atoms with Gasteiger partial charge in [-0.25, -0.2) is 12.7 Å². The van der Waals surface area contributed by atoms with E-state index in [-0.39, 0.29) is 16.8 Å². The number of carbonyl (C=O) groups is 1. The van der Waals surface area contributed by atoms with Crippen molar-refractivity contribution < 1.29 is 13.2 Å². The van der Waals surface area contributed by atoms with Crippen LogP contribution in [0.15, 0.2) is 23.1 Å². The van der Waals surface area contributed by atoms with Gasteiger partial charge in [0.05, 0.1) is 10.9 Å². The van der Waals surface area contributed by atoms with Gasteiger partial charge in [-0.1, -0.05) is 18.9 Å². The Morgan fingerprint density at radius 3 is 2.64 bits per heavy atom. The van der Waals surface area contributed by atoms with Gasteiger partial charge in [-0.05, 0) is 49.8 Å². The zero-order valence-electron chi connectivity index (χ0n) is 15.1. The van der Waals surface area contributed by atoms with Crippen molar-refractivity contribution in [3.05, 3.63) is 23.8 Å². The summed E-state index contributed by atoms with van der Waals surface area (Å²) in [5.74, 6) is 0.513. The van der Waals surface area contributed by atoms with Gasteiger partial charge in [-0.2, -0.15) is 0 Å². The molecule has 1 aromatic carbocycles. The van der Waals surface area contributed by atoms with E-state index in [4.69, 9.17) is 0 Å². The number of hydrogen-bond acceptors (Lipinski definition) is 4. The van der Waals surface area contributed by atoms with Crippen LogP contribution in [0.3, 0.4) is 0 Å². The van der Waals surface area contributed by atoms with E-state index in [0.717, 1.165) is 12.8 Å². The minimum absolute atomic E-state index is 0.0774. The minimum atomic E-state index is -3.54. The number of aryl methyl sites for hydroxylation is 1. The lowest BCUT2D eigenvalue weighted by Gasteiger charge is -2.24. The van der Waals surface area contributed by atoms with Gasteiger partial charge in [0.2, 0.25) is 15.9 Å². The molecule has 0 bridgehead atoms. The van der Waals surface area contributed by atoms with Crippen molar-refractivity contribution in [1.29, 1.82) is 0 Å². The molecule has 0 spiro atoms. The van der Waals surface area contributed by atoms with E-state index < -0.39 is 10.0 Å². The second-order valence-corrected chi connectivity index (χ2v) is 9.48. The summed E-state index contributed by atoms with van der Waals surface area (Å²) in [7, 11) is -0.527. The Kier molecular flexibility index (Phi) is 5.18. The fourth-order valence-electron chi connectivity index (χ4n) is 3.90. The third-order valence-corrected chi connectivity index (χ3v) is 7.35. The third kappa shape index (κ3) is 3.73. The normalized spacial score (nSPS) is 26.5. The number of amides is 1. The van der Waals surface area contributed by atoms with Crippen LogP contribution in [0.5, 0.6) is 0 Å². The molecule has 0 radical (unpaired) electrons. The molecule has 1 aliphatic carbocycles. The molecule has 138 valence electrons. The molecule has 2 fully saturated rings. The number of anilines is 1. The standard InChI is InChI=1S/C18H27N3O3S/c1-12-8-9-14(11-17(12)25(23,24)21(2)3)19-18(22)16-10-13-6-4-5-7-15(13)20-16/h8-9,11,13,15-16,20H,4-7,10H2,1-3H3,(H,19,22). The molecule has 1 aliphatic heterocycles. The molecule has 3 atom stereocenters. The lowest BCUT2D eigenvalue weighted by molar-refractivity contribution is -0.117. The molecule has 2 aliphatic rings. The molecule has 1 aromatic rings. The van der Waals surface area contributed by atoms with E-state index in [1.807, 2.05) is 0 Å². The molecule has 3 rings (SSSR count). The zero-order chi connectivity index (χ0) is 18.2. The Morgan fingerprint density at radius 2 is 1.96 bits per heavy atom. The molecular formula is C18H27N3O3S. The van der Waals surface area contributed by atoms with Crippen molar-refractivity contribution >= 4 is 21.6 Å². The number of carbonyl (C=O) groups excluding carboxylic acids is 1. The highest BCUT2D eigenvalue weighted by Crippen LogP contribution is 2.33. The van der Waals surface area contributed by atoms with Crippen molar-refractivity contribution in [3.63, 3.8) is 0 Å². The number of hydrogen-bond donors (Lipinski definition) is 2. The molecule has 6 nitrogen and oxygen atoms in total. The summed E-state index contributed by atoms with van der Waals surface area (Å²) in [4.78, 5) is 12.8. The first-order valence-electron chi connectivity index (χ1n) is 8.89. The van der Waals surface area contributed by atoms with Crippen LogP contribution >= 0.6 is 0 Å². The van der Waals surface area contributed by atoms with Gasteiger partial charge >= 0.3 is 0 Å². The van der Waals surface area contributed by atoms with E-state index in [1.165, 1.54) is 37.7 Å². The molecule has 1 amide bonds. The summed E-state index contributed by atoms with van der Waals surface area (Å²) in [5, 5.41) is 6.34. The lowest BCUT2D eigenvalue weighted by Crippen LogP contribution is -2.39. The number of nitrogens with one attached hydrogen (secondary N) is 2. The molecular weight excluding hydrogens is 338 g/mol. The highest BCUT2D eigenvalue weighted by Gasteiger charge is 2.38. The largest absolute Gasteiger partial charge is 0.325 e. The fraction of sp³-hybridized carbons (Fsp3) is 0.611. The van der Waals surface area contributed by atoms with Crippen LogP contribution in [-0.2, 0) is 14.8 Å². The van der Waals surface area contributed by atoms with Gasteiger partial charge in [0.1, 0.15) is 0 Å². The second-order valence-electron chi connectivity index (χ2n) is 7.36. The number of fused-ring (bicyclic) bond motifs is 1. The predicted octanol–water partition coefficient (Wildman–Crippen LogP) is 2.10. The molecule has 3 unspecified atom stereocenters. The monoisotopic (exact) mass is 365 g/mol. The van der Waals surface area contributed by atoms with Crippen molar-refractivity contribution in [3.8, 4) is 0 Å². The molecule has 1 saturated heterocycles. The summed E-state index contributed by atoms with van der Waals surface area (Å²) in [6.45, 7) is 1.76. The van der Waals surface area contributed by atoms with E-state index >= 15 is 0 Å². The van der Waals surface area contributed by atoms with Crippen LogP contribution in [0.25, 0.3) is 0 Å². The number of rotatable bonds is 4. The van der Waals surface area contributed by atoms with Gasteiger partial charge in [0.25, 0.3) is 0 Å². The summed E-state index contributed by atoms with van der Waals surface area (Å²) >= 11 is 0. The molecule has 2 N–H and O–H groups in total. The minimum Gasteiger partial charge on any atom is -0.325 e. The van der Waals surface area contributed by atoms with Crippen LogP contribution in [0.1, 0.15) is 37.7 Å². The average molecular weight is 365 g/mol. The maximum atomic E-state index is 12.6. The molecule has 7 heteroatoms. The molecule has 1 saturated carbocycles. The Hall–Kier alpha value is -1.44. The van der Waals surface area contributed by atoms with Crippen molar-refractivity contribution in [2.75, 3.05) is 19.4 Å². The van der Waals surface area contributed by atoms with E-state index in [2.05, 4.69) is 10.6 Å². The topological polar surface area (TPSA) is 78.5 Å². The number of nitrogens with zero attached hydrogens (tertiary/aromatic N) is 1. The number of sulfonamides is 1. The maximum Gasteiger partial charge on any atom is 0.242 e. The van der Waals surface area contributed by atoms with Crippen LogP contribution in [0.4, 0.5) is 5.69 Å². The van der Waals surface area contributed by atoms with E-state index in [0.29, 0.717) is 23.2 Å². The fourth-order valence-corrected chi connectivity index (χ4v) is 5.05. The van der Waals surface area contributed by atoms with Crippen LogP contribution < -0.4 is 10.6 Å². The Balaban J connectivity index is 1.74. The second kappa shape index (κ2) is 7.05. The SMILES string of the molecule is Cc1ccc(NC(=O)C2CC3CCCCC3N2)cc1S(=O)(=O)N(C)C. The first-order chi connectivity index (χ1) is 11.8. The molecule has 1 heterocycles. The average Bonchev–Trinajstić information content (AvgIpc) is 3.00. The van der Waals surface area contributed by atoms with Crippen molar-refractivity contribution in [2.24, 2.45) is 5.92 Å². The van der Waals surface area contributed by atoms with Crippen molar-refractivity contribution in [2.45, 2.75) is 56.0 Å². The predicted molar refractivity (Wildman–Crippen MR) is 98.0 cm³/mol. The van der Waals surface area contributed by atoms with E-state index in [9.17, 15) is 13.2 Å². The molecule has 25 heavy (non-hydrogen) atoms. The molecule has 0 aromatic heterocycles. The summed E-state index contributed by atoms with van der Waals surface area (Å²) in [6.07, 6.45) is 5.68. The quantitative estimate of drug-likeness (QED) is 0.857. The third-order valence-electron chi connectivity index (χ3n) is 5.39. The van der Waals surface area contributed by atoms with Gasteiger partial charge in [-0.3, -0.25) is 4.79 Å². The van der Waals surface area contributed by atoms with Gasteiger partial charge in [0, 0.05) is 25.8 Å². The van der Waals surface area contributed by atoms with Gasteiger partial charge in [0.15, 0.2) is 0 Å². The van der Waals surface area contributed by atoms with E-state index in [1.54, 1.807) is 25.1 Å². The van der Waals surface area contributed by atoms with Crippen LogP contribution in [-0.4, -0.2) is 44.8 Å². The zero-order valence-corrected chi connectivity index (χ0v) is 15.9. The maximum absolute atomic E-state index is 12.6. The summed E-state index contributed by atoms with van der Waals surface area (Å²) < 4.78 is 26.0. The van der Waals surface area contributed by atoms with Crippen molar-refractivity contribution in [1.82, 2.24) is 9.62 Å². The van der Waals surface area contributed by atoms with Gasteiger partial charge in [-0.15, -0.1) is 0 Å². The van der Waals surface area contributed by atoms with Crippen LogP contribution in [0.2, 0.25) is 0 Å². The highest BCUT2D eigenvalue weighted by atomic mass is 32.2. The Bertz CT molecular complexity index is 747. The summed E-state index contributed by atoms with van der Waals surface area (Å²) in [6, 6.07) is 5.29. The summed E-state index contributed by atoms with van der Waals surface area (Å²) in [5.41, 5.74) is 1.18. The lowest BCUT2D eigenvalue weighted by atomic mass is 9.85. The highest BCUT2D eigenvalue weighted by molar-refractivity contribution is 7.89.